The standard InChI is InChI=1S/C11H11N5O4/c1-6-13-14-7(2)15(6)12-5-8-3-9(16(19)20)11(18)4-10(8)17/h3-5,17-18H,1-2H3/b12-5+. The van der Waals surface area contributed by atoms with E-state index in [1.807, 2.05) is 0 Å². The van der Waals surface area contributed by atoms with Crippen molar-refractivity contribution in [1.29, 1.82) is 0 Å². The predicted molar refractivity (Wildman–Crippen MR) is 68.9 cm³/mol. The molecule has 0 atom stereocenters. The maximum atomic E-state index is 10.7. The molecule has 0 aliphatic carbocycles. The fraction of sp³-hybridized carbons (Fsp3) is 0.182. The van der Waals surface area contributed by atoms with Crippen molar-refractivity contribution >= 4 is 11.9 Å². The average Bonchev–Trinajstić information content (AvgIpc) is 2.68. The van der Waals surface area contributed by atoms with Gasteiger partial charge in [-0.05, 0) is 13.8 Å². The first-order chi connectivity index (χ1) is 9.40. The largest absolute Gasteiger partial charge is 0.507 e. The molecule has 0 aliphatic heterocycles. The molecule has 104 valence electrons. The van der Waals surface area contributed by atoms with Crippen LogP contribution >= 0.6 is 0 Å². The van der Waals surface area contributed by atoms with Gasteiger partial charge < -0.3 is 10.2 Å². The van der Waals surface area contributed by atoms with Crippen molar-refractivity contribution in [3.05, 3.63) is 39.5 Å². The number of nitrogens with zero attached hydrogens (tertiary/aromatic N) is 5. The quantitative estimate of drug-likeness (QED) is 0.491. The highest BCUT2D eigenvalue weighted by atomic mass is 16.6. The molecule has 0 saturated carbocycles. The summed E-state index contributed by atoms with van der Waals surface area (Å²) < 4.78 is 1.41. The van der Waals surface area contributed by atoms with E-state index in [1.54, 1.807) is 13.8 Å². The number of aromatic nitrogens is 3. The van der Waals surface area contributed by atoms with Gasteiger partial charge in [-0.15, -0.1) is 10.2 Å². The Kier molecular flexibility index (Phi) is 3.34. The van der Waals surface area contributed by atoms with Crippen molar-refractivity contribution in [2.24, 2.45) is 5.10 Å². The Morgan fingerprint density at radius 3 is 2.40 bits per heavy atom. The molecule has 1 aromatic carbocycles. The number of rotatable bonds is 3. The van der Waals surface area contributed by atoms with Gasteiger partial charge in [0.05, 0.1) is 11.1 Å². The number of hydrogen-bond acceptors (Lipinski definition) is 7. The van der Waals surface area contributed by atoms with Gasteiger partial charge in [0.15, 0.2) is 17.4 Å². The van der Waals surface area contributed by atoms with Crippen LogP contribution in [0.4, 0.5) is 5.69 Å². The number of aromatic hydroxyl groups is 2. The van der Waals surface area contributed by atoms with Crippen LogP contribution in [0.5, 0.6) is 11.5 Å². The summed E-state index contributed by atoms with van der Waals surface area (Å²) in [7, 11) is 0. The van der Waals surface area contributed by atoms with Gasteiger partial charge >= 0.3 is 5.69 Å². The minimum Gasteiger partial charge on any atom is -0.507 e. The summed E-state index contributed by atoms with van der Waals surface area (Å²) in [5, 5.41) is 41.4. The predicted octanol–water partition coefficient (Wildman–Crippen LogP) is 1.10. The highest BCUT2D eigenvalue weighted by molar-refractivity contribution is 5.85. The van der Waals surface area contributed by atoms with Gasteiger partial charge in [-0.25, -0.2) is 4.68 Å². The van der Waals surface area contributed by atoms with Gasteiger partial charge in [-0.1, -0.05) is 0 Å². The highest BCUT2D eigenvalue weighted by Crippen LogP contribution is 2.32. The van der Waals surface area contributed by atoms with Gasteiger partial charge in [0, 0.05) is 17.7 Å². The monoisotopic (exact) mass is 277 g/mol. The molecule has 0 unspecified atom stereocenters. The zero-order valence-corrected chi connectivity index (χ0v) is 10.7. The lowest BCUT2D eigenvalue weighted by Gasteiger charge is -2.02. The number of nitro benzene ring substituents is 1. The molecule has 0 fully saturated rings. The molecule has 2 rings (SSSR count). The topological polar surface area (TPSA) is 127 Å². The van der Waals surface area contributed by atoms with Crippen molar-refractivity contribution in [3.63, 3.8) is 0 Å². The number of hydrogen-bond donors (Lipinski definition) is 2. The van der Waals surface area contributed by atoms with Crippen LogP contribution in [0.15, 0.2) is 17.2 Å². The first-order valence-corrected chi connectivity index (χ1v) is 5.53. The Labute approximate surface area is 113 Å². The van der Waals surface area contributed by atoms with E-state index in [9.17, 15) is 20.3 Å². The molecule has 0 radical (unpaired) electrons. The Hall–Kier alpha value is -2.97. The van der Waals surface area contributed by atoms with Crippen LogP contribution in [-0.4, -0.2) is 36.2 Å². The lowest BCUT2D eigenvalue weighted by Crippen LogP contribution is -1.97. The van der Waals surface area contributed by atoms with E-state index in [-0.39, 0.29) is 11.3 Å². The molecule has 9 heteroatoms. The van der Waals surface area contributed by atoms with Crippen molar-refractivity contribution in [2.75, 3.05) is 0 Å². The molecule has 1 aromatic heterocycles. The molecular formula is C11H11N5O4. The molecule has 2 aromatic rings. The van der Waals surface area contributed by atoms with Crippen LogP contribution in [0.3, 0.4) is 0 Å². The first kappa shape index (κ1) is 13.5. The average molecular weight is 277 g/mol. The van der Waals surface area contributed by atoms with Crippen LogP contribution in [0.2, 0.25) is 0 Å². The molecule has 9 nitrogen and oxygen atoms in total. The molecule has 0 aliphatic rings. The van der Waals surface area contributed by atoms with E-state index in [0.29, 0.717) is 11.6 Å². The fourth-order valence-electron chi connectivity index (χ4n) is 1.58. The Morgan fingerprint density at radius 2 is 1.85 bits per heavy atom. The van der Waals surface area contributed by atoms with E-state index in [2.05, 4.69) is 15.3 Å². The maximum absolute atomic E-state index is 10.7. The first-order valence-electron chi connectivity index (χ1n) is 5.53. The second kappa shape index (κ2) is 4.96. The Bertz CT molecular complexity index is 688. The van der Waals surface area contributed by atoms with Crippen LogP contribution < -0.4 is 0 Å². The summed E-state index contributed by atoms with van der Waals surface area (Å²) >= 11 is 0. The van der Waals surface area contributed by atoms with Gasteiger partial charge in [0.25, 0.3) is 0 Å². The second-order valence-electron chi connectivity index (χ2n) is 4.01. The van der Waals surface area contributed by atoms with Crippen molar-refractivity contribution in [3.8, 4) is 11.5 Å². The Balaban J connectivity index is 2.44. The molecule has 2 N–H and O–H groups in total. The van der Waals surface area contributed by atoms with Gasteiger partial charge in [0.2, 0.25) is 0 Å². The minimum atomic E-state index is -0.749. The third kappa shape index (κ3) is 2.41. The van der Waals surface area contributed by atoms with Gasteiger partial charge in [-0.2, -0.15) is 5.10 Å². The van der Waals surface area contributed by atoms with Crippen LogP contribution in [0, 0.1) is 24.0 Å². The summed E-state index contributed by atoms with van der Waals surface area (Å²) in [5.41, 5.74) is -0.413. The van der Waals surface area contributed by atoms with Crippen molar-refractivity contribution in [2.45, 2.75) is 13.8 Å². The van der Waals surface area contributed by atoms with Gasteiger partial charge in [0.1, 0.15) is 5.75 Å². The normalized spacial score (nSPS) is 11.1. The molecule has 1 heterocycles. The number of aryl methyl sites for hydroxylation is 2. The number of nitro groups is 1. The number of phenolic OH excluding ortho intramolecular Hbond substituents is 2. The number of phenols is 2. The fourth-order valence-corrected chi connectivity index (χ4v) is 1.58. The van der Waals surface area contributed by atoms with Crippen molar-refractivity contribution in [1.82, 2.24) is 14.9 Å². The lowest BCUT2D eigenvalue weighted by atomic mass is 10.2. The van der Waals surface area contributed by atoms with Crippen molar-refractivity contribution < 1.29 is 15.1 Å². The van der Waals surface area contributed by atoms with E-state index >= 15 is 0 Å². The third-order valence-corrected chi connectivity index (χ3v) is 2.59. The molecule has 0 spiro atoms. The Morgan fingerprint density at radius 1 is 1.25 bits per heavy atom. The maximum Gasteiger partial charge on any atom is 0.311 e. The van der Waals surface area contributed by atoms with E-state index < -0.39 is 16.4 Å². The SMILES string of the molecule is Cc1nnc(C)n1/N=C/c1cc([N+](=O)[O-])c(O)cc1O. The van der Waals surface area contributed by atoms with Crippen LogP contribution in [-0.2, 0) is 0 Å². The molecule has 0 bridgehead atoms. The summed E-state index contributed by atoms with van der Waals surface area (Å²) in [6.45, 7) is 3.38. The highest BCUT2D eigenvalue weighted by Gasteiger charge is 2.16. The van der Waals surface area contributed by atoms with E-state index in [4.69, 9.17) is 0 Å². The summed E-state index contributed by atoms with van der Waals surface area (Å²) in [6.07, 6.45) is 1.23. The summed E-state index contributed by atoms with van der Waals surface area (Å²) in [5.74, 6) is 0.138. The van der Waals surface area contributed by atoms with E-state index in [0.717, 1.165) is 12.1 Å². The van der Waals surface area contributed by atoms with Crippen LogP contribution in [0.1, 0.15) is 17.2 Å². The lowest BCUT2D eigenvalue weighted by molar-refractivity contribution is -0.385. The molecule has 20 heavy (non-hydrogen) atoms. The molecule has 0 saturated heterocycles. The summed E-state index contributed by atoms with van der Waals surface area (Å²) in [6, 6.07) is 1.93. The minimum absolute atomic E-state index is 0.0991. The second-order valence-corrected chi connectivity index (χ2v) is 4.01. The summed E-state index contributed by atoms with van der Waals surface area (Å²) in [4.78, 5) is 9.97. The zero-order valence-electron chi connectivity index (χ0n) is 10.7. The number of benzene rings is 1. The third-order valence-electron chi connectivity index (χ3n) is 2.59. The van der Waals surface area contributed by atoms with Gasteiger partial charge in [-0.3, -0.25) is 10.1 Å². The zero-order chi connectivity index (χ0) is 14.9. The van der Waals surface area contributed by atoms with Crippen LogP contribution in [0.25, 0.3) is 0 Å². The van der Waals surface area contributed by atoms with E-state index in [1.165, 1.54) is 10.9 Å². The smallest absolute Gasteiger partial charge is 0.311 e. The molecular weight excluding hydrogens is 266 g/mol. The molecule has 0 amide bonds.